The van der Waals surface area contributed by atoms with Crippen molar-refractivity contribution in [3.63, 3.8) is 0 Å². The highest BCUT2D eigenvalue weighted by molar-refractivity contribution is 9.10. The Hall–Kier alpha value is -0.870. The van der Waals surface area contributed by atoms with Crippen LogP contribution in [-0.4, -0.2) is 11.9 Å². The first-order valence-electron chi connectivity index (χ1n) is 6.86. The molecule has 3 nitrogen and oxygen atoms in total. The molecule has 19 heavy (non-hydrogen) atoms. The third kappa shape index (κ3) is 3.37. The number of carbonyl (C=O) groups excluding carboxylic acids is 1. The predicted octanol–water partition coefficient (Wildman–Crippen LogP) is 3.07. The van der Waals surface area contributed by atoms with Gasteiger partial charge in [-0.2, -0.15) is 0 Å². The van der Waals surface area contributed by atoms with Crippen molar-refractivity contribution in [3.8, 4) is 0 Å². The highest BCUT2D eigenvalue weighted by atomic mass is 79.9. The topological polar surface area (TPSA) is 55.1 Å². The van der Waals surface area contributed by atoms with Crippen LogP contribution >= 0.6 is 15.9 Å². The van der Waals surface area contributed by atoms with E-state index in [-0.39, 0.29) is 5.91 Å². The van der Waals surface area contributed by atoms with Crippen molar-refractivity contribution in [3.05, 3.63) is 34.3 Å². The summed E-state index contributed by atoms with van der Waals surface area (Å²) in [5.41, 5.74) is 5.77. The Morgan fingerprint density at radius 1 is 1.37 bits per heavy atom. The molecule has 0 aromatic heterocycles. The summed E-state index contributed by atoms with van der Waals surface area (Å²) in [6.45, 7) is 1.88. The van der Waals surface area contributed by atoms with Crippen molar-refractivity contribution in [2.75, 3.05) is 0 Å². The molecule has 2 rings (SSSR count). The number of hydrogen-bond donors (Lipinski definition) is 2. The number of hydrogen-bond acceptors (Lipinski definition) is 2. The van der Waals surface area contributed by atoms with Crippen molar-refractivity contribution in [1.29, 1.82) is 0 Å². The summed E-state index contributed by atoms with van der Waals surface area (Å²) >= 11 is 3.45. The first kappa shape index (κ1) is 14.5. The lowest BCUT2D eigenvalue weighted by Gasteiger charge is -2.35. The second kappa shape index (κ2) is 6.06. The van der Waals surface area contributed by atoms with Crippen molar-refractivity contribution in [1.82, 2.24) is 5.32 Å². The van der Waals surface area contributed by atoms with Gasteiger partial charge in [-0.1, -0.05) is 47.3 Å². The van der Waals surface area contributed by atoms with Gasteiger partial charge in [0.1, 0.15) is 5.54 Å². The standard InChI is InChI=1S/C15H21BrN2O/c1-15(14(17)19,11-6-5-7-12(16)10-11)18-13-8-3-2-4-9-13/h5-7,10,13,18H,2-4,8-9H2,1H3,(H2,17,19). The van der Waals surface area contributed by atoms with E-state index in [2.05, 4.69) is 21.2 Å². The Bertz CT molecular complexity index is 457. The summed E-state index contributed by atoms with van der Waals surface area (Å²) in [7, 11) is 0. The zero-order valence-corrected chi connectivity index (χ0v) is 12.9. The third-order valence-electron chi connectivity index (χ3n) is 3.99. The van der Waals surface area contributed by atoms with Crippen LogP contribution < -0.4 is 11.1 Å². The van der Waals surface area contributed by atoms with Gasteiger partial charge in [0.25, 0.3) is 0 Å². The lowest BCUT2D eigenvalue weighted by atomic mass is 9.87. The van der Waals surface area contributed by atoms with Crippen LogP contribution in [0.4, 0.5) is 0 Å². The molecule has 4 heteroatoms. The SMILES string of the molecule is CC(NC1CCCCC1)(C(N)=O)c1cccc(Br)c1. The largest absolute Gasteiger partial charge is 0.368 e. The number of nitrogens with one attached hydrogen (secondary N) is 1. The lowest BCUT2D eigenvalue weighted by molar-refractivity contribution is -0.124. The minimum Gasteiger partial charge on any atom is -0.368 e. The zero-order valence-electron chi connectivity index (χ0n) is 11.3. The van der Waals surface area contributed by atoms with Crippen LogP contribution in [0.2, 0.25) is 0 Å². The smallest absolute Gasteiger partial charge is 0.242 e. The molecule has 104 valence electrons. The Labute approximate surface area is 123 Å². The molecule has 1 aliphatic rings. The Morgan fingerprint density at radius 2 is 2.05 bits per heavy atom. The van der Waals surface area contributed by atoms with E-state index in [9.17, 15) is 4.79 Å². The van der Waals surface area contributed by atoms with Crippen LogP contribution in [0.3, 0.4) is 0 Å². The number of nitrogens with two attached hydrogens (primary N) is 1. The van der Waals surface area contributed by atoms with Gasteiger partial charge in [-0.05, 0) is 37.5 Å². The van der Waals surface area contributed by atoms with E-state index < -0.39 is 5.54 Å². The van der Waals surface area contributed by atoms with Crippen molar-refractivity contribution in [2.45, 2.75) is 50.6 Å². The summed E-state index contributed by atoms with van der Waals surface area (Å²) in [5, 5.41) is 3.48. The molecule has 0 saturated heterocycles. The molecule has 0 spiro atoms. The van der Waals surface area contributed by atoms with E-state index in [1.807, 2.05) is 31.2 Å². The van der Waals surface area contributed by atoms with Gasteiger partial charge in [0.2, 0.25) is 5.91 Å². The number of carbonyl (C=O) groups is 1. The molecule has 3 N–H and O–H groups in total. The molecule has 1 amide bonds. The first-order chi connectivity index (χ1) is 9.02. The van der Waals surface area contributed by atoms with Gasteiger partial charge in [-0.15, -0.1) is 0 Å². The quantitative estimate of drug-likeness (QED) is 0.894. The van der Waals surface area contributed by atoms with E-state index in [0.717, 1.165) is 22.9 Å². The van der Waals surface area contributed by atoms with Crippen LogP contribution in [0.5, 0.6) is 0 Å². The van der Waals surface area contributed by atoms with E-state index >= 15 is 0 Å². The van der Waals surface area contributed by atoms with Gasteiger partial charge >= 0.3 is 0 Å². The van der Waals surface area contributed by atoms with E-state index in [1.54, 1.807) is 0 Å². The van der Waals surface area contributed by atoms with E-state index in [0.29, 0.717) is 6.04 Å². The molecular weight excluding hydrogens is 304 g/mol. The normalized spacial score (nSPS) is 19.9. The predicted molar refractivity (Wildman–Crippen MR) is 80.7 cm³/mol. The van der Waals surface area contributed by atoms with Crippen molar-refractivity contribution >= 4 is 21.8 Å². The van der Waals surface area contributed by atoms with Gasteiger partial charge in [-0.25, -0.2) is 0 Å². The molecule has 1 atom stereocenters. The molecule has 1 fully saturated rings. The minimum absolute atomic E-state index is 0.323. The third-order valence-corrected chi connectivity index (χ3v) is 4.49. The van der Waals surface area contributed by atoms with Crippen LogP contribution in [0.15, 0.2) is 28.7 Å². The number of halogens is 1. The lowest BCUT2D eigenvalue weighted by Crippen LogP contribution is -2.54. The summed E-state index contributed by atoms with van der Waals surface area (Å²) < 4.78 is 0.961. The van der Waals surface area contributed by atoms with Crippen LogP contribution in [0, 0.1) is 0 Å². The fraction of sp³-hybridized carbons (Fsp3) is 0.533. The monoisotopic (exact) mass is 324 g/mol. The average molecular weight is 325 g/mol. The maximum atomic E-state index is 12.0. The van der Waals surface area contributed by atoms with Crippen LogP contribution in [-0.2, 0) is 10.3 Å². The van der Waals surface area contributed by atoms with Crippen molar-refractivity contribution in [2.24, 2.45) is 5.73 Å². The number of rotatable bonds is 4. The second-order valence-electron chi connectivity index (χ2n) is 5.48. The highest BCUT2D eigenvalue weighted by Gasteiger charge is 2.35. The van der Waals surface area contributed by atoms with Crippen LogP contribution in [0.25, 0.3) is 0 Å². The van der Waals surface area contributed by atoms with Crippen LogP contribution in [0.1, 0.15) is 44.6 Å². The number of benzene rings is 1. The Morgan fingerprint density at radius 3 is 2.63 bits per heavy atom. The summed E-state index contributed by atoms with van der Waals surface area (Å²) in [6, 6.07) is 8.17. The molecule has 0 aliphatic heterocycles. The fourth-order valence-electron chi connectivity index (χ4n) is 2.75. The molecular formula is C15H21BrN2O. The van der Waals surface area contributed by atoms with Gasteiger partial charge in [0.05, 0.1) is 0 Å². The zero-order chi connectivity index (χ0) is 13.9. The van der Waals surface area contributed by atoms with Crippen molar-refractivity contribution < 1.29 is 4.79 Å². The summed E-state index contributed by atoms with van der Waals surface area (Å²) in [5.74, 6) is -0.323. The maximum absolute atomic E-state index is 12.0. The Balaban J connectivity index is 2.24. The molecule has 1 aliphatic carbocycles. The van der Waals surface area contributed by atoms with Gasteiger partial charge in [0, 0.05) is 10.5 Å². The maximum Gasteiger partial charge on any atom is 0.242 e. The van der Waals surface area contributed by atoms with Gasteiger partial charge < -0.3 is 5.73 Å². The van der Waals surface area contributed by atoms with Gasteiger partial charge in [0.15, 0.2) is 0 Å². The highest BCUT2D eigenvalue weighted by Crippen LogP contribution is 2.27. The summed E-state index contributed by atoms with van der Waals surface area (Å²) in [4.78, 5) is 12.0. The van der Waals surface area contributed by atoms with Gasteiger partial charge in [-0.3, -0.25) is 10.1 Å². The molecule has 1 unspecified atom stereocenters. The summed E-state index contributed by atoms with van der Waals surface area (Å²) in [6.07, 6.45) is 5.99. The van der Waals surface area contributed by atoms with E-state index in [1.165, 1.54) is 19.3 Å². The van der Waals surface area contributed by atoms with E-state index in [4.69, 9.17) is 5.73 Å². The minimum atomic E-state index is -0.800. The average Bonchev–Trinajstić information content (AvgIpc) is 2.39. The molecule has 1 aromatic rings. The molecule has 0 radical (unpaired) electrons. The Kier molecular flexibility index (Phi) is 4.63. The molecule has 1 aromatic carbocycles. The number of amides is 1. The number of primary amides is 1. The molecule has 1 saturated carbocycles. The fourth-order valence-corrected chi connectivity index (χ4v) is 3.15. The second-order valence-corrected chi connectivity index (χ2v) is 6.39. The molecule has 0 heterocycles. The molecule has 0 bridgehead atoms. The first-order valence-corrected chi connectivity index (χ1v) is 7.65.